The Bertz CT molecular complexity index is 1330. The standard InChI is InChI=1S/C23H17ClFN3O2/c1-14-21(6-3-10-26-14)28-11-9-16-17(23(28)30)4-2-5-20(16)27-22(29)13-15-7-8-18(24)19(25)12-15/h2-12H,13H2,1H3,(H,27,29). The summed E-state index contributed by atoms with van der Waals surface area (Å²) in [5, 5.41) is 3.91. The maximum absolute atomic E-state index is 13.6. The van der Waals surface area contributed by atoms with Crippen LogP contribution in [0.2, 0.25) is 5.02 Å². The molecule has 0 aliphatic rings. The quantitative estimate of drug-likeness (QED) is 0.521. The third-order valence-corrected chi connectivity index (χ3v) is 5.11. The fraction of sp³-hybridized carbons (Fsp3) is 0.0870. The Morgan fingerprint density at radius 2 is 1.97 bits per heavy atom. The van der Waals surface area contributed by atoms with E-state index in [1.54, 1.807) is 48.8 Å². The minimum absolute atomic E-state index is 0.00773. The van der Waals surface area contributed by atoms with E-state index in [0.29, 0.717) is 27.7 Å². The molecule has 1 N–H and O–H groups in total. The smallest absolute Gasteiger partial charge is 0.263 e. The molecule has 2 heterocycles. The van der Waals surface area contributed by atoms with Gasteiger partial charge in [-0.05, 0) is 55.0 Å². The first-order valence-electron chi connectivity index (χ1n) is 9.24. The van der Waals surface area contributed by atoms with Gasteiger partial charge in [0.1, 0.15) is 5.82 Å². The number of hydrogen-bond acceptors (Lipinski definition) is 3. The molecule has 2 aromatic carbocycles. The van der Waals surface area contributed by atoms with Crippen LogP contribution in [0.15, 0.2) is 71.8 Å². The summed E-state index contributed by atoms with van der Waals surface area (Å²) in [6.07, 6.45) is 3.32. The third kappa shape index (κ3) is 3.82. The first-order valence-corrected chi connectivity index (χ1v) is 9.62. The topological polar surface area (TPSA) is 64.0 Å². The van der Waals surface area contributed by atoms with Crippen LogP contribution in [0.3, 0.4) is 0 Å². The van der Waals surface area contributed by atoms with Crippen molar-refractivity contribution in [1.82, 2.24) is 9.55 Å². The number of nitrogens with one attached hydrogen (secondary N) is 1. The lowest BCUT2D eigenvalue weighted by atomic mass is 10.1. The van der Waals surface area contributed by atoms with Crippen LogP contribution in [0.1, 0.15) is 11.3 Å². The van der Waals surface area contributed by atoms with E-state index in [9.17, 15) is 14.0 Å². The summed E-state index contributed by atoms with van der Waals surface area (Å²) in [7, 11) is 0. The number of halogens is 2. The van der Waals surface area contributed by atoms with Crippen molar-refractivity contribution in [1.29, 1.82) is 0 Å². The van der Waals surface area contributed by atoms with Crippen LogP contribution in [0.4, 0.5) is 10.1 Å². The summed E-state index contributed by atoms with van der Waals surface area (Å²) in [6.45, 7) is 1.84. The van der Waals surface area contributed by atoms with Gasteiger partial charge in [0.15, 0.2) is 0 Å². The van der Waals surface area contributed by atoms with Crippen molar-refractivity contribution in [2.45, 2.75) is 13.3 Å². The van der Waals surface area contributed by atoms with Crippen molar-refractivity contribution in [2.24, 2.45) is 0 Å². The van der Waals surface area contributed by atoms with E-state index in [2.05, 4.69) is 10.3 Å². The van der Waals surface area contributed by atoms with Crippen molar-refractivity contribution in [2.75, 3.05) is 5.32 Å². The Morgan fingerprint density at radius 1 is 1.13 bits per heavy atom. The van der Waals surface area contributed by atoms with Gasteiger partial charge in [0.05, 0.1) is 22.8 Å². The Labute approximate surface area is 176 Å². The van der Waals surface area contributed by atoms with E-state index < -0.39 is 5.82 Å². The molecule has 0 saturated carbocycles. The normalized spacial score (nSPS) is 10.9. The minimum atomic E-state index is -0.571. The molecule has 30 heavy (non-hydrogen) atoms. The second kappa shape index (κ2) is 8.08. The van der Waals surface area contributed by atoms with Gasteiger partial charge in [-0.3, -0.25) is 19.1 Å². The number of aryl methyl sites for hydroxylation is 1. The van der Waals surface area contributed by atoms with Gasteiger partial charge < -0.3 is 5.32 Å². The average Bonchev–Trinajstić information content (AvgIpc) is 2.72. The second-order valence-electron chi connectivity index (χ2n) is 6.84. The summed E-state index contributed by atoms with van der Waals surface area (Å²) in [4.78, 5) is 29.8. The zero-order chi connectivity index (χ0) is 21.3. The van der Waals surface area contributed by atoms with Gasteiger partial charge in [-0.25, -0.2) is 4.39 Å². The molecule has 1 amide bonds. The Balaban J connectivity index is 1.66. The molecule has 0 saturated heterocycles. The largest absolute Gasteiger partial charge is 0.325 e. The van der Waals surface area contributed by atoms with Crippen LogP contribution in [0.25, 0.3) is 16.5 Å². The van der Waals surface area contributed by atoms with Gasteiger partial charge in [-0.15, -0.1) is 0 Å². The number of amides is 1. The summed E-state index contributed by atoms with van der Waals surface area (Å²) < 4.78 is 15.1. The zero-order valence-electron chi connectivity index (χ0n) is 16.0. The van der Waals surface area contributed by atoms with Crippen LogP contribution < -0.4 is 10.9 Å². The number of aromatic nitrogens is 2. The fourth-order valence-electron chi connectivity index (χ4n) is 3.34. The average molecular weight is 422 g/mol. The van der Waals surface area contributed by atoms with Crippen LogP contribution in [0, 0.1) is 12.7 Å². The summed E-state index contributed by atoms with van der Waals surface area (Å²) in [5.74, 6) is -0.894. The predicted molar refractivity (Wildman–Crippen MR) is 116 cm³/mol. The lowest BCUT2D eigenvalue weighted by Crippen LogP contribution is -2.20. The number of carbonyl (C=O) groups excluding carboxylic acids is 1. The Hall–Kier alpha value is -3.51. The molecule has 4 aromatic rings. The predicted octanol–water partition coefficient (Wildman–Crippen LogP) is 4.67. The van der Waals surface area contributed by atoms with Crippen LogP contribution >= 0.6 is 11.6 Å². The van der Waals surface area contributed by atoms with Crippen LogP contribution in [-0.4, -0.2) is 15.5 Å². The lowest BCUT2D eigenvalue weighted by molar-refractivity contribution is -0.115. The van der Waals surface area contributed by atoms with Gasteiger partial charge in [0, 0.05) is 28.9 Å². The molecule has 0 aliphatic carbocycles. The van der Waals surface area contributed by atoms with Gasteiger partial charge in [-0.1, -0.05) is 23.7 Å². The number of rotatable bonds is 4. The number of nitrogens with zero attached hydrogens (tertiary/aromatic N) is 2. The molecule has 4 rings (SSSR count). The van der Waals surface area contributed by atoms with Gasteiger partial charge in [0.25, 0.3) is 5.56 Å². The highest BCUT2D eigenvalue weighted by molar-refractivity contribution is 6.30. The van der Waals surface area contributed by atoms with Gasteiger partial charge >= 0.3 is 0 Å². The number of benzene rings is 2. The third-order valence-electron chi connectivity index (χ3n) is 4.81. The molecule has 0 atom stereocenters. The maximum atomic E-state index is 13.6. The van der Waals surface area contributed by atoms with Crippen molar-refractivity contribution >= 4 is 34.0 Å². The molecule has 0 spiro atoms. The first kappa shape index (κ1) is 19.8. The second-order valence-corrected chi connectivity index (χ2v) is 7.25. The molecule has 0 unspecified atom stereocenters. The van der Waals surface area contributed by atoms with Crippen molar-refractivity contribution in [3.05, 3.63) is 99.4 Å². The van der Waals surface area contributed by atoms with E-state index in [1.807, 2.05) is 13.0 Å². The van der Waals surface area contributed by atoms with Gasteiger partial charge in [-0.2, -0.15) is 0 Å². The van der Waals surface area contributed by atoms with Crippen molar-refractivity contribution < 1.29 is 9.18 Å². The Morgan fingerprint density at radius 3 is 2.73 bits per heavy atom. The number of carbonyl (C=O) groups is 1. The van der Waals surface area contributed by atoms with Crippen molar-refractivity contribution in [3.8, 4) is 5.69 Å². The number of hydrogen-bond donors (Lipinski definition) is 1. The highest BCUT2D eigenvalue weighted by Crippen LogP contribution is 2.23. The van der Waals surface area contributed by atoms with E-state index in [-0.39, 0.29) is 22.9 Å². The molecule has 5 nitrogen and oxygen atoms in total. The van der Waals surface area contributed by atoms with Crippen LogP contribution in [0.5, 0.6) is 0 Å². The summed E-state index contributed by atoms with van der Waals surface area (Å²) in [6, 6.07) is 14.8. The van der Waals surface area contributed by atoms with E-state index in [0.717, 1.165) is 5.69 Å². The zero-order valence-corrected chi connectivity index (χ0v) is 16.8. The minimum Gasteiger partial charge on any atom is -0.325 e. The van der Waals surface area contributed by atoms with E-state index in [1.165, 1.54) is 16.7 Å². The molecule has 7 heteroatoms. The van der Waals surface area contributed by atoms with Gasteiger partial charge in [0.2, 0.25) is 5.91 Å². The number of anilines is 1. The first-order chi connectivity index (χ1) is 14.4. The highest BCUT2D eigenvalue weighted by Gasteiger charge is 2.12. The molecule has 0 bridgehead atoms. The molecule has 0 fully saturated rings. The maximum Gasteiger partial charge on any atom is 0.263 e. The van der Waals surface area contributed by atoms with E-state index in [4.69, 9.17) is 11.6 Å². The SMILES string of the molecule is Cc1ncccc1-n1ccc2c(NC(=O)Cc3ccc(Cl)c(F)c3)cccc2c1=O. The lowest BCUT2D eigenvalue weighted by Gasteiger charge is -2.12. The summed E-state index contributed by atoms with van der Waals surface area (Å²) in [5.41, 5.74) is 2.24. The number of pyridine rings is 2. The van der Waals surface area contributed by atoms with Crippen LogP contribution in [-0.2, 0) is 11.2 Å². The molecule has 150 valence electrons. The molecule has 0 radical (unpaired) electrons. The highest BCUT2D eigenvalue weighted by atomic mass is 35.5. The molecule has 2 aromatic heterocycles. The van der Waals surface area contributed by atoms with E-state index >= 15 is 0 Å². The fourth-order valence-corrected chi connectivity index (χ4v) is 3.45. The molecule has 0 aliphatic heterocycles. The van der Waals surface area contributed by atoms with Crippen molar-refractivity contribution in [3.63, 3.8) is 0 Å². The molecular formula is C23H17ClFN3O2. The monoisotopic (exact) mass is 421 g/mol. The summed E-state index contributed by atoms with van der Waals surface area (Å²) >= 11 is 5.68. The Kier molecular flexibility index (Phi) is 5.33. The number of fused-ring (bicyclic) bond motifs is 1. The molecular weight excluding hydrogens is 405 g/mol.